The molecule has 0 aromatic carbocycles. The first-order chi connectivity index (χ1) is 11.7. The highest BCUT2D eigenvalue weighted by Gasteiger charge is 2.17. The van der Waals surface area contributed by atoms with Crippen LogP contribution in [0.4, 0.5) is 11.6 Å². The van der Waals surface area contributed by atoms with E-state index in [1.165, 1.54) is 0 Å². The van der Waals surface area contributed by atoms with Crippen LogP contribution in [0.5, 0.6) is 0 Å². The summed E-state index contributed by atoms with van der Waals surface area (Å²) in [5.41, 5.74) is 2.96. The molecular formula is C17H28N6O2. The molecule has 8 nitrogen and oxygen atoms in total. The fourth-order valence-corrected chi connectivity index (χ4v) is 2.37. The zero-order chi connectivity index (χ0) is 18.4. The number of ether oxygens (including phenoxy) is 1. The standard InChI is InChI=1S/C17H28N6O2/c1-13(12-16(24)25-17(2,3)4)18-19-14-6-7-15(21-20-14)23-10-8-22(5)9-11-23/h6-7H,8-12H2,1-5H3,(H,19,20)/b18-13+. The van der Waals surface area contributed by atoms with Crippen molar-refractivity contribution in [3.63, 3.8) is 0 Å². The molecule has 8 heteroatoms. The van der Waals surface area contributed by atoms with Crippen molar-refractivity contribution in [1.29, 1.82) is 0 Å². The lowest BCUT2D eigenvalue weighted by Crippen LogP contribution is -2.44. The van der Waals surface area contributed by atoms with E-state index in [0.717, 1.165) is 32.0 Å². The number of carbonyl (C=O) groups excluding carboxylic acids is 1. The number of hydrogen-bond acceptors (Lipinski definition) is 8. The summed E-state index contributed by atoms with van der Waals surface area (Å²) in [6, 6.07) is 3.77. The van der Waals surface area contributed by atoms with E-state index in [2.05, 4.69) is 37.6 Å². The summed E-state index contributed by atoms with van der Waals surface area (Å²) >= 11 is 0. The Hall–Kier alpha value is -2.22. The Morgan fingerprint density at radius 2 is 1.92 bits per heavy atom. The van der Waals surface area contributed by atoms with Crippen LogP contribution in [-0.2, 0) is 9.53 Å². The van der Waals surface area contributed by atoms with Crippen molar-refractivity contribution in [2.75, 3.05) is 43.6 Å². The van der Waals surface area contributed by atoms with Gasteiger partial charge in [-0.25, -0.2) is 0 Å². The molecule has 0 spiro atoms. The molecule has 1 aromatic heterocycles. The summed E-state index contributed by atoms with van der Waals surface area (Å²) in [5.74, 6) is 1.11. The maximum absolute atomic E-state index is 11.8. The van der Waals surface area contributed by atoms with Gasteiger partial charge in [0.2, 0.25) is 0 Å². The van der Waals surface area contributed by atoms with Gasteiger partial charge >= 0.3 is 5.97 Å². The molecule has 1 N–H and O–H groups in total. The first-order valence-electron chi connectivity index (χ1n) is 8.51. The predicted molar refractivity (Wildman–Crippen MR) is 98.9 cm³/mol. The Balaban J connectivity index is 1.85. The molecule has 0 atom stereocenters. The van der Waals surface area contributed by atoms with Gasteiger partial charge in [0.25, 0.3) is 0 Å². The van der Waals surface area contributed by atoms with Gasteiger partial charge in [-0.2, -0.15) is 5.10 Å². The highest BCUT2D eigenvalue weighted by molar-refractivity contribution is 5.97. The second-order valence-corrected chi connectivity index (χ2v) is 7.29. The number of esters is 1. The van der Waals surface area contributed by atoms with Gasteiger partial charge in [-0.3, -0.25) is 10.2 Å². The van der Waals surface area contributed by atoms with Crippen LogP contribution in [0.3, 0.4) is 0 Å². The Labute approximate surface area is 149 Å². The molecule has 1 aromatic rings. The summed E-state index contributed by atoms with van der Waals surface area (Å²) in [6.07, 6.45) is 0.136. The van der Waals surface area contributed by atoms with E-state index in [4.69, 9.17) is 4.74 Å². The van der Waals surface area contributed by atoms with Gasteiger partial charge in [-0.05, 0) is 46.9 Å². The van der Waals surface area contributed by atoms with Crippen LogP contribution in [0.15, 0.2) is 17.2 Å². The molecule has 0 unspecified atom stereocenters. The Morgan fingerprint density at radius 3 is 2.48 bits per heavy atom. The van der Waals surface area contributed by atoms with Gasteiger partial charge in [-0.15, -0.1) is 10.2 Å². The molecule has 0 saturated carbocycles. The van der Waals surface area contributed by atoms with Gasteiger partial charge in [-0.1, -0.05) is 0 Å². The van der Waals surface area contributed by atoms with Gasteiger partial charge in [0.1, 0.15) is 5.60 Å². The highest BCUT2D eigenvalue weighted by atomic mass is 16.6. The Bertz CT molecular complexity index is 601. The molecule has 138 valence electrons. The van der Waals surface area contributed by atoms with Crippen LogP contribution in [0.2, 0.25) is 0 Å². The smallest absolute Gasteiger partial charge is 0.312 e. The fourth-order valence-electron chi connectivity index (χ4n) is 2.37. The number of hydrazone groups is 1. The van der Waals surface area contributed by atoms with Crippen molar-refractivity contribution in [3.05, 3.63) is 12.1 Å². The second-order valence-electron chi connectivity index (χ2n) is 7.29. The Morgan fingerprint density at radius 1 is 1.24 bits per heavy atom. The van der Waals surface area contributed by atoms with E-state index < -0.39 is 5.60 Å². The molecule has 2 heterocycles. The van der Waals surface area contributed by atoms with Crippen LogP contribution >= 0.6 is 0 Å². The summed E-state index contributed by atoms with van der Waals surface area (Å²) in [5, 5.41) is 12.6. The van der Waals surface area contributed by atoms with E-state index >= 15 is 0 Å². The lowest BCUT2D eigenvalue weighted by atomic mass is 10.2. The van der Waals surface area contributed by atoms with E-state index in [9.17, 15) is 4.79 Å². The topological polar surface area (TPSA) is 83.0 Å². The third-order valence-electron chi connectivity index (χ3n) is 3.66. The zero-order valence-corrected chi connectivity index (χ0v) is 15.7. The van der Waals surface area contributed by atoms with E-state index in [-0.39, 0.29) is 12.4 Å². The monoisotopic (exact) mass is 348 g/mol. The van der Waals surface area contributed by atoms with E-state index in [1.54, 1.807) is 6.92 Å². The van der Waals surface area contributed by atoms with Crippen molar-refractivity contribution < 1.29 is 9.53 Å². The minimum atomic E-state index is -0.491. The zero-order valence-electron chi connectivity index (χ0n) is 15.7. The van der Waals surface area contributed by atoms with Crippen LogP contribution in [-0.4, -0.2) is 65.6 Å². The lowest BCUT2D eigenvalue weighted by molar-refractivity contribution is -0.153. The van der Waals surface area contributed by atoms with Gasteiger partial charge in [0.05, 0.1) is 6.42 Å². The van der Waals surface area contributed by atoms with Gasteiger partial charge in [0, 0.05) is 31.9 Å². The molecule has 0 radical (unpaired) electrons. The Kier molecular flexibility index (Phi) is 6.30. The summed E-state index contributed by atoms with van der Waals surface area (Å²) < 4.78 is 5.27. The van der Waals surface area contributed by atoms with Crippen molar-refractivity contribution in [3.8, 4) is 0 Å². The normalized spacial score (nSPS) is 16.7. The second kappa shape index (κ2) is 8.24. The number of anilines is 2. The molecule has 1 aliphatic heterocycles. The minimum Gasteiger partial charge on any atom is -0.460 e. The van der Waals surface area contributed by atoms with E-state index in [1.807, 2.05) is 32.9 Å². The van der Waals surface area contributed by atoms with Crippen LogP contribution in [0, 0.1) is 0 Å². The SMILES string of the molecule is C/C(CC(=O)OC(C)(C)C)=N\Nc1ccc(N2CCN(C)CC2)nn1. The van der Waals surface area contributed by atoms with Gasteiger partial charge in [0.15, 0.2) is 11.6 Å². The maximum Gasteiger partial charge on any atom is 0.312 e. The fraction of sp³-hybridized carbons (Fsp3) is 0.647. The van der Waals surface area contributed by atoms with Crippen molar-refractivity contribution in [2.45, 2.75) is 39.7 Å². The third-order valence-corrected chi connectivity index (χ3v) is 3.66. The third kappa shape index (κ3) is 6.66. The summed E-state index contributed by atoms with van der Waals surface area (Å²) in [7, 11) is 2.12. The van der Waals surface area contributed by atoms with E-state index in [0.29, 0.717) is 11.5 Å². The average molecular weight is 348 g/mol. The number of rotatable bonds is 5. The van der Waals surface area contributed by atoms with Gasteiger partial charge < -0.3 is 14.5 Å². The lowest BCUT2D eigenvalue weighted by Gasteiger charge is -2.32. The first-order valence-corrected chi connectivity index (χ1v) is 8.51. The molecule has 1 fully saturated rings. The molecule has 1 aliphatic rings. The number of aromatic nitrogens is 2. The maximum atomic E-state index is 11.8. The number of nitrogens with zero attached hydrogens (tertiary/aromatic N) is 5. The van der Waals surface area contributed by atoms with Crippen molar-refractivity contribution in [2.24, 2.45) is 5.10 Å². The van der Waals surface area contributed by atoms with Crippen molar-refractivity contribution in [1.82, 2.24) is 15.1 Å². The quantitative estimate of drug-likeness (QED) is 0.493. The summed E-state index contributed by atoms with van der Waals surface area (Å²) in [4.78, 5) is 16.3. The first kappa shape index (κ1) is 19.1. The molecule has 0 bridgehead atoms. The minimum absolute atomic E-state index is 0.136. The molecule has 2 rings (SSSR count). The van der Waals surface area contributed by atoms with Crippen LogP contribution in [0.25, 0.3) is 0 Å². The number of piperazine rings is 1. The predicted octanol–water partition coefficient (Wildman–Crippen LogP) is 1.75. The number of carbonyl (C=O) groups is 1. The number of likely N-dealkylation sites (N-methyl/N-ethyl adjacent to an activating group) is 1. The molecule has 0 aliphatic carbocycles. The molecule has 1 saturated heterocycles. The highest BCUT2D eigenvalue weighted by Crippen LogP contribution is 2.14. The van der Waals surface area contributed by atoms with Crippen molar-refractivity contribution >= 4 is 23.3 Å². The van der Waals surface area contributed by atoms with Crippen LogP contribution in [0.1, 0.15) is 34.1 Å². The molecule has 0 amide bonds. The number of hydrogen-bond donors (Lipinski definition) is 1. The average Bonchev–Trinajstić information content (AvgIpc) is 2.52. The molecule has 25 heavy (non-hydrogen) atoms. The number of nitrogens with one attached hydrogen (secondary N) is 1. The largest absolute Gasteiger partial charge is 0.460 e. The molecular weight excluding hydrogens is 320 g/mol. The summed E-state index contributed by atoms with van der Waals surface area (Å²) in [6.45, 7) is 11.2. The van der Waals surface area contributed by atoms with Crippen LogP contribution < -0.4 is 10.3 Å².